The van der Waals surface area contributed by atoms with Crippen LogP contribution in [-0.2, 0) is 26.3 Å². The van der Waals surface area contributed by atoms with Crippen LogP contribution in [0.5, 0.6) is 0 Å². The number of carbonyl (C=O) groups excluding carboxylic acids is 2. The first-order valence-electron chi connectivity index (χ1n) is 15.0. The molecule has 4 aromatic rings. The number of hydrogen-bond acceptors (Lipinski definition) is 9. The number of amides is 1. The fourth-order valence-electron chi connectivity index (χ4n) is 5.72. The highest BCUT2D eigenvalue weighted by Crippen LogP contribution is 2.44. The number of nitrogens with zero attached hydrogens (tertiary/aromatic N) is 6. The average molecular weight is 615 g/mol. The van der Waals surface area contributed by atoms with Crippen molar-refractivity contribution in [3.63, 3.8) is 0 Å². The third-order valence-corrected chi connectivity index (χ3v) is 8.54. The smallest absolute Gasteiger partial charge is 0.302 e. The molecule has 236 valence electrons. The van der Waals surface area contributed by atoms with Crippen molar-refractivity contribution in [2.45, 2.75) is 45.1 Å². The van der Waals surface area contributed by atoms with Gasteiger partial charge in [-0.2, -0.15) is 10.1 Å². The summed E-state index contributed by atoms with van der Waals surface area (Å²) >= 11 is 0. The van der Waals surface area contributed by atoms with Gasteiger partial charge in [-0.3, -0.25) is 19.1 Å². The predicted octanol–water partition coefficient (Wildman–Crippen LogP) is 4.03. The summed E-state index contributed by atoms with van der Waals surface area (Å²) in [5.41, 5.74) is 5.14. The topological polar surface area (TPSA) is 144 Å². The number of piperazine rings is 1. The molecular formula is C33H38N6O6. The molecule has 2 aromatic heterocycles. The molecule has 2 fully saturated rings. The lowest BCUT2D eigenvalue weighted by atomic mass is 9.65. The summed E-state index contributed by atoms with van der Waals surface area (Å²) < 4.78 is 12.8. The quantitative estimate of drug-likeness (QED) is 0.228. The van der Waals surface area contributed by atoms with Crippen molar-refractivity contribution in [2.75, 3.05) is 39.8 Å². The first-order chi connectivity index (χ1) is 21.7. The van der Waals surface area contributed by atoms with E-state index in [-0.39, 0.29) is 23.8 Å². The van der Waals surface area contributed by atoms with E-state index in [1.165, 1.54) is 6.92 Å². The van der Waals surface area contributed by atoms with Crippen LogP contribution >= 0.6 is 0 Å². The molecule has 1 saturated carbocycles. The Morgan fingerprint density at radius 2 is 1.78 bits per heavy atom. The summed E-state index contributed by atoms with van der Waals surface area (Å²) in [6, 6.07) is 17.8. The van der Waals surface area contributed by atoms with E-state index < -0.39 is 0 Å². The summed E-state index contributed by atoms with van der Waals surface area (Å²) in [6.07, 6.45) is 3.14. The number of carboxylic acid groups (broad SMARTS) is 1. The molecule has 3 heterocycles. The van der Waals surface area contributed by atoms with Crippen LogP contribution in [0.4, 0.5) is 0 Å². The fourth-order valence-corrected chi connectivity index (χ4v) is 5.72. The minimum Gasteiger partial charge on any atom is -0.483 e. The standard InChI is InChI=1S/C32H36N6O4.CH2O2/c1-22-18-28(34-38(22)20-24-6-4-7-26(19-24)31(40)37-16-14-36(3)15-17-37)30-33-29(35-42-30)25-8-10-27(11-9-25)32(12-5-13-32)21-41-23(2)39;2-1-3/h4,6-11,18-19H,5,12-17,20-21H2,1-3H3;1H,(H,2,3). The van der Waals surface area contributed by atoms with Gasteiger partial charge >= 0.3 is 5.97 Å². The van der Waals surface area contributed by atoms with E-state index in [0.717, 1.165) is 67.8 Å². The van der Waals surface area contributed by atoms with Crippen LogP contribution in [0.2, 0.25) is 0 Å². The van der Waals surface area contributed by atoms with Gasteiger partial charge in [0.2, 0.25) is 5.82 Å². The molecule has 0 bridgehead atoms. The Labute approximate surface area is 261 Å². The molecule has 1 N–H and O–H groups in total. The molecule has 2 aromatic carbocycles. The lowest BCUT2D eigenvalue weighted by molar-refractivity contribution is -0.144. The van der Waals surface area contributed by atoms with Gasteiger partial charge in [-0.05, 0) is 56.1 Å². The first-order valence-corrected chi connectivity index (χ1v) is 15.0. The first kappa shape index (κ1) is 31.6. The van der Waals surface area contributed by atoms with Gasteiger partial charge in [-0.15, -0.1) is 0 Å². The normalized spacial score (nSPS) is 15.8. The highest BCUT2D eigenvalue weighted by Gasteiger charge is 2.39. The van der Waals surface area contributed by atoms with Crippen molar-refractivity contribution in [2.24, 2.45) is 0 Å². The van der Waals surface area contributed by atoms with E-state index >= 15 is 0 Å². The van der Waals surface area contributed by atoms with Crippen LogP contribution in [0.15, 0.2) is 59.1 Å². The Kier molecular flexibility index (Phi) is 9.72. The maximum atomic E-state index is 13.1. The van der Waals surface area contributed by atoms with E-state index in [0.29, 0.717) is 36.1 Å². The zero-order chi connectivity index (χ0) is 32.0. The molecule has 1 aliphatic carbocycles. The number of hydrogen-bond donors (Lipinski definition) is 1. The zero-order valence-corrected chi connectivity index (χ0v) is 25.8. The van der Waals surface area contributed by atoms with Gasteiger partial charge < -0.3 is 24.2 Å². The molecule has 45 heavy (non-hydrogen) atoms. The highest BCUT2D eigenvalue weighted by atomic mass is 16.5. The second-order valence-electron chi connectivity index (χ2n) is 11.6. The van der Waals surface area contributed by atoms with E-state index in [4.69, 9.17) is 24.3 Å². The van der Waals surface area contributed by atoms with Crippen molar-refractivity contribution in [3.8, 4) is 23.0 Å². The maximum Gasteiger partial charge on any atom is 0.302 e. The van der Waals surface area contributed by atoms with E-state index in [1.54, 1.807) is 0 Å². The van der Waals surface area contributed by atoms with Crippen LogP contribution in [-0.4, -0.2) is 93.0 Å². The van der Waals surface area contributed by atoms with Crippen molar-refractivity contribution in [1.29, 1.82) is 0 Å². The third kappa shape index (κ3) is 7.28. The minimum atomic E-state index is -0.250. The second-order valence-corrected chi connectivity index (χ2v) is 11.6. The molecule has 0 atom stereocenters. The van der Waals surface area contributed by atoms with Crippen LogP contribution < -0.4 is 0 Å². The number of carbonyl (C=O) groups is 3. The lowest BCUT2D eigenvalue weighted by Gasteiger charge is -2.41. The molecule has 6 rings (SSSR count). The number of aromatic nitrogens is 4. The van der Waals surface area contributed by atoms with Gasteiger partial charge in [-0.25, -0.2) is 0 Å². The Hall–Kier alpha value is -4.84. The molecule has 1 aliphatic heterocycles. The number of ether oxygens (including phenoxy) is 1. The summed E-state index contributed by atoms with van der Waals surface area (Å²) in [5.74, 6) is 0.656. The van der Waals surface area contributed by atoms with E-state index in [2.05, 4.69) is 34.2 Å². The van der Waals surface area contributed by atoms with Crippen molar-refractivity contribution in [1.82, 2.24) is 29.7 Å². The largest absolute Gasteiger partial charge is 0.483 e. The summed E-state index contributed by atoms with van der Waals surface area (Å²) in [5, 5.41) is 15.8. The Balaban J connectivity index is 0.00000128. The van der Waals surface area contributed by atoms with E-state index in [9.17, 15) is 9.59 Å². The van der Waals surface area contributed by atoms with Gasteiger partial charge in [0.25, 0.3) is 18.3 Å². The van der Waals surface area contributed by atoms with E-state index in [1.807, 2.05) is 59.0 Å². The third-order valence-electron chi connectivity index (χ3n) is 8.54. The lowest BCUT2D eigenvalue weighted by Crippen LogP contribution is -2.47. The highest BCUT2D eigenvalue weighted by molar-refractivity contribution is 5.94. The van der Waals surface area contributed by atoms with Crippen LogP contribution in [0, 0.1) is 6.92 Å². The molecule has 12 nitrogen and oxygen atoms in total. The molecular weight excluding hydrogens is 576 g/mol. The zero-order valence-electron chi connectivity index (χ0n) is 25.8. The van der Waals surface area contributed by atoms with Crippen molar-refractivity contribution < 1.29 is 28.8 Å². The van der Waals surface area contributed by atoms with Crippen LogP contribution in [0.1, 0.15) is 53.4 Å². The SMILES string of the molecule is CC(=O)OCC1(c2ccc(-c3noc(-c4cc(C)n(Cc5cccc(C(=O)N6CCN(C)CC6)c5)n4)n3)cc2)CCC1.O=CO. The molecule has 2 aliphatic rings. The average Bonchev–Trinajstić information content (AvgIpc) is 3.65. The molecule has 1 saturated heterocycles. The monoisotopic (exact) mass is 614 g/mol. The summed E-state index contributed by atoms with van der Waals surface area (Å²) in [6.45, 7) is 7.38. The predicted molar refractivity (Wildman–Crippen MR) is 165 cm³/mol. The van der Waals surface area contributed by atoms with Gasteiger partial charge in [0.1, 0.15) is 6.61 Å². The molecule has 0 unspecified atom stereocenters. The van der Waals surface area contributed by atoms with Crippen LogP contribution in [0.25, 0.3) is 23.0 Å². The van der Waals surface area contributed by atoms with Gasteiger partial charge in [0.15, 0.2) is 5.69 Å². The number of rotatable bonds is 8. The maximum absolute atomic E-state index is 13.1. The van der Waals surface area contributed by atoms with Crippen molar-refractivity contribution >= 4 is 18.3 Å². The van der Waals surface area contributed by atoms with Crippen LogP contribution in [0.3, 0.4) is 0 Å². The van der Waals surface area contributed by atoms with Crippen molar-refractivity contribution in [3.05, 3.63) is 77.0 Å². The Morgan fingerprint density at radius 3 is 2.42 bits per heavy atom. The number of esters is 1. The summed E-state index contributed by atoms with van der Waals surface area (Å²) in [7, 11) is 2.08. The minimum absolute atomic E-state index is 0.0708. The van der Waals surface area contributed by atoms with Gasteiger partial charge in [0.05, 0.1) is 6.54 Å². The fraction of sp³-hybridized carbons (Fsp3) is 0.394. The van der Waals surface area contributed by atoms with Gasteiger partial charge in [-0.1, -0.05) is 48.0 Å². The molecule has 12 heteroatoms. The molecule has 0 spiro atoms. The number of likely N-dealkylation sites (N-methyl/N-ethyl adjacent to an activating group) is 1. The number of benzene rings is 2. The molecule has 1 amide bonds. The van der Waals surface area contributed by atoms with Gasteiger partial charge in [0, 0.05) is 55.3 Å². The Bertz CT molecular complexity index is 1630. The number of aryl methyl sites for hydroxylation is 1. The Morgan fingerprint density at radius 1 is 1.07 bits per heavy atom. The second kappa shape index (κ2) is 13.9. The summed E-state index contributed by atoms with van der Waals surface area (Å²) in [4.78, 5) is 41.6. The molecule has 0 radical (unpaired) electrons.